The molecular formula is C22H48AlNO. The molecule has 1 atom stereocenters. The van der Waals surface area contributed by atoms with Crippen molar-refractivity contribution < 1.29 is 3.79 Å². The number of hydrogen-bond acceptors (Lipinski definition) is 2. The fraction of sp³-hybridized carbons (Fsp3) is 1.00. The van der Waals surface area contributed by atoms with Gasteiger partial charge in [0.05, 0.1) is 6.23 Å². The van der Waals surface area contributed by atoms with Crippen molar-refractivity contribution in [3.8, 4) is 0 Å². The van der Waals surface area contributed by atoms with Crippen molar-refractivity contribution in [2.75, 3.05) is 13.1 Å². The maximum absolute atomic E-state index is 6.61. The van der Waals surface area contributed by atoms with E-state index in [1.165, 1.54) is 87.6 Å². The second-order valence-corrected chi connectivity index (χ2v) is 10.4. The summed E-state index contributed by atoms with van der Waals surface area (Å²) in [4.78, 5) is 2.46. The molecule has 0 fully saturated rings. The first-order valence-corrected chi connectivity index (χ1v) is 13.7. The number of unbranched alkanes of at least 4 members (excludes halogenated alkanes) is 10. The van der Waals surface area contributed by atoms with Crippen molar-refractivity contribution in [1.29, 1.82) is 0 Å². The normalized spacial score (nSPS) is 12.7. The topological polar surface area (TPSA) is 12.5 Å². The fourth-order valence-corrected chi connectivity index (χ4v) is 6.47. The van der Waals surface area contributed by atoms with E-state index in [0.717, 1.165) is 13.1 Å². The summed E-state index contributed by atoms with van der Waals surface area (Å²) in [5.74, 6) is 0. The van der Waals surface area contributed by atoms with Gasteiger partial charge >= 0.3 is 14.5 Å². The van der Waals surface area contributed by atoms with Gasteiger partial charge in [0, 0.05) is 0 Å². The Balaban J connectivity index is 4.11. The predicted octanol–water partition coefficient (Wildman–Crippen LogP) is 7.40. The van der Waals surface area contributed by atoms with Crippen LogP contribution < -0.4 is 0 Å². The van der Waals surface area contributed by atoms with Gasteiger partial charge in [-0.2, -0.15) is 0 Å². The van der Waals surface area contributed by atoms with Gasteiger partial charge in [0.25, 0.3) is 0 Å². The molecule has 150 valence electrons. The minimum absolute atomic E-state index is 0.326. The zero-order valence-corrected chi connectivity index (χ0v) is 19.5. The molecule has 0 bridgehead atoms. The standard InChI is InChI=1S/2C8H17.C6H14NO.Al/c2*1-3-5-7-8-6-4-2;1-4-7(5-2)6(3)8;/h2*1,3-8H2,2H3;6H,4-5H2,1-3H3;/q;;-1;+1. The predicted molar refractivity (Wildman–Crippen MR) is 116 cm³/mol. The first-order chi connectivity index (χ1) is 12.2. The summed E-state index contributed by atoms with van der Waals surface area (Å²) in [6.45, 7) is 13.6. The summed E-state index contributed by atoms with van der Waals surface area (Å²) >= 11 is -1.03. The number of nitrogens with zero attached hydrogens (tertiary/aromatic N) is 1. The molecule has 0 N–H and O–H groups in total. The third-order valence-corrected chi connectivity index (χ3v) is 8.36. The van der Waals surface area contributed by atoms with E-state index in [4.69, 9.17) is 3.79 Å². The third kappa shape index (κ3) is 15.2. The van der Waals surface area contributed by atoms with Crippen molar-refractivity contribution in [1.82, 2.24) is 4.90 Å². The molecule has 0 aliphatic heterocycles. The molecule has 0 spiro atoms. The molecule has 0 amide bonds. The van der Waals surface area contributed by atoms with Gasteiger partial charge in [0.1, 0.15) is 0 Å². The first-order valence-electron chi connectivity index (χ1n) is 11.6. The van der Waals surface area contributed by atoms with Crippen molar-refractivity contribution in [2.24, 2.45) is 0 Å². The van der Waals surface area contributed by atoms with E-state index in [9.17, 15) is 0 Å². The summed E-state index contributed by atoms with van der Waals surface area (Å²) in [5.41, 5.74) is 0. The monoisotopic (exact) mass is 369 g/mol. The largest absolute Gasteiger partial charge is 0.487 e. The average molecular weight is 370 g/mol. The van der Waals surface area contributed by atoms with Crippen LogP contribution in [0.2, 0.25) is 10.6 Å². The molecule has 0 heterocycles. The van der Waals surface area contributed by atoms with E-state index in [1.54, 1.807) is 0 Å². The summed E-state index contributed by atoms with van der Waals surface area (Å²) in [6, 6.07) is 0. The Morgan fingerprint density at radius 2 is 1.04 bits per heavy atom. The second kappa shape index (κ2) is 19.2. The van der Waals surface area contributed by atoms with Gasteiger partial charge in [-0.1, -0.05) is 115 Å². The molecule has 0 saturated heterocycles. The zero-order chi connectivity index (χ0) is 18.8. The molecule has 0 radical (unpaired) electrons. The molecule has 0 aliphatic carbocycles. The maximum atomic E-state index is 6.61. The fourth-order valence-electron chi connectivity index (χ4n) is 3.69. The summed E-state index contributed by atoms with van der Waals surface area (Å²) in [5, 5.41) is 2.79. The van der Waals surface area contributed by atoms with Crippen LogP contribution in [0.3, 0.4) is 0 Å². The highest BCUT2D eigenvalue weighted by Crippen LogP contribution is 2.18. The Labute approximate surface area is 164 Å². The zero-order valence-electron chi connectivity index (χ0n) is 18.3. The molecule has 0 aromatic rings. The molecule has 0 rings (SSSR count). The van der Waals surface area contributed by atoms with Crippen LogP contribution >= 0.6 is 0 Å². The molecule has 0 aliphatic rings. The quantitative estimate of drug-likeness (QED) is 0.134. The van der Waals surface area contributed by atoms with E-state index in [2.05, 4.69) is 39.5 Å². The van der Waals surface area contributed by atoms with Gasteiger partial charge in [-0.25, -0.2) is 0 Å². The van der Waals surface area contributed by atoms with E-state index in [0.29, 0.717) is 6.23 Å². The van der Waals surface area contributed by atoms with Crippen molar-refractivity contribution >= 4 is 14.5 Å². The van der Waals surface area contributed by atoms with Crippen LogP contribution in [-0.4, -0.2) is 38.7 Å². The van der Waals surface area contributed by atoms with Gasteiger partial charge in [0.15, 0.2) is 0 Å². The lowest BCUT2D eigenvalue weighted by molar-refractivity contribution is 0.0448. The van der Waals surface area contributed by atoms with Gasteiger partial charge in [-0.15, -0.1) is 0 Å². The highest BCUT2D eigenvalue weighted by molar-refractivity contribution is 6.51. The van der Waals surface area contributed by atoms with E-state index in [1.807, 2.05) is 0 Å². The van der Waals surface area contributed by atoms with Crippen molar-refractivity contribution in [3.63, 3.8) is 0 Å². The smallest absolute Gasteiger partial charge is 0.461 e. The number of rotatable bonds is 19. The van der Waals surface area contributed by atoms with Crippen molar-refractivity contribution in [3.05, 3.63) is 0 Å². The van der Waals surface area contributed by atoms with Gasteiger partial charge < -0.3 is 3.79 Å². The lowest BCUT2D eigenvalue weighted by Gasteiger charge is -2.30. The highest BCUT2D eigenvalue weighted by atomic mass is 27.2. The average Bonchev–Trinajstić information content (AvgIpc) is 2.61. The minimum atomic E-state index is -1.03. The SMILES string of the molecule is CCCCCCC[CH2][Al]([CH2]CCCCCCC)[O]C(C)N(CC)CC. The Kier molecular flexibility index (Phi) is 19.6. The molecule has 3 heteroatoms. The van der Waals surface area contributed by atoms with Crippen LogP contribution in [0, 0.1) is 0 Å². The molecular weight excluding hydrogens is 321 g/mol. The molecule has 0 aromatic heterocycles. The van der Waals surface area contributed by atoms with Crippen LogP contribution in [0.25, 0.3) is 0 Å². The van der Waals surface area contributed by atoms with E-state index in [-0.39, 0.29) is 0 Å². The van der Waals surface area contributed by atoms with E-state index < -0.39 is 14.5 Å². The Hall–Kier alpha value is 0.452. The second-order valence-electron chi connectivity index (χ2n) is 7.69. The molecule has 0 saturated carbocycles. The Bertz CT molecular complexity index is 242. The maximum Gasteiger partial charge on any atom is 0.461 e. The molecule has 2 nitrogen and oxygen atoms in total. The Morgan fingerprint density at radius 3 is 1.44 bits per heavy atom. The van der Waals surface area contributed by atoms with Crippen LogP contribution in [0.5, 0.6) is 0 Å². The third-order valence-electron chi connectivity index (χ3n) is 5.48. The van der Waals surface area contributed by atoms with Crippen molar-refractivity contribution in [2.45, 2.75) is 128 Å². The van der Waals surface area contributed by atoms with Crippen LogP contribution in [0.15, 0.2) is 0 Å². The lowest BCUT2D eigenvalue weighted by Crippen LogP contribution is -2.38. The summed E-state index contributed by atoms with van der Waals surface area (Å²) < 4.78 is 6.61. The van der Waals surface area contributed by atoms with Gasteiger partial charge in [-0.05, 0) is 20.0 Å². The Morgan fingerprint density at radius 1 is 0.640 bits per heavy atom. The molecule has 25 heavy (non-hydrogen) atoms. The highest BCUT2D eigenvalue weighted by Gasteiger charge is 2.24. The van der Waals surface area contributed by atoms with Gasteiger partial charge in [-0.3, -0.25) is 4.90 Å². The summed E-state index contributed by atoms with van der Waals surface area (Å²) in [7, 11) is 0. The molecule has 1 unspecified atom stereocenters. The summed E-state index contributed by atoms with van der Waals surface area (Å²) in [6.07, 6.45) is 17.2. The minimum Gasteiger partial charge on any atom is -0.487 e. The van der Waals surface area contributed by atoms with Gasteiger partial charge in [0.2, 0.25) is 0 Å². The number of hydrogen-bond donors (Lipinski definition) is 0. The van der Waals surface area contributed by atoms with Crippen LogP contribution in [0.1, 0.15) is 112 Å². The van der Waals surface area contributed by atoms with E-state index >= 15 is 0 Å². The molecule has 0 aromatic carbocycles. The van der Waals surface area contributed by atoms with Crippen LogP contribution in [0.4, 0.5) is 0 Å². The van der Waals surface area contributed by atoms with Crippen LogP contribution in [-0.2, 0) is 3.79 Å². The lowest BCUT2D eigenvalue weighted by atomic mass is 10.1. The first kappa shape index (κ1) is 25.5.